The van der Waals surface area contributed by atoms with E-state index in [4.69, 9.17) is 5.73 Å². The lowest BCUT2D eigenvalue weighted by Crippen LogP contribution is -2.38. The third-order valence-electron chi connectivity index (χ3n) is 3.80. The molecule has 0 bridgehead atoms. The molecule has 0 aliphatic heterocycles. The van der Waals surface area contributed by atoms with Gasteiger partial charge in [0.1, 0.15) is 0 Å². The molecule has 0 spiro atoms. The highest BCUT2D eigenvalue weighted by Crippen LogP contribution is 2.26. The molecule has 1 aromatic carbocycles. The largest absolute Gasteiger partial charge is 0.399 e. The molecule has 0 heterocycles. The summed E-state index contributed by atoms with van der Waals surface area (Å²) in [6.07, 6.45) is 5.53. The summed E-state index contributed by atoms with van der Waals surface area (Å²) in [7, 11) is 0. The average molecular weight is 232 g/mol. The number of nitrogens with zero attached hydrogens (tertiary/aromatic N) is 1. The van der Waals surface area contributed by atoms with Crippen LogP contribution >= 0.6 is 0 Å². The van der Waals surface area contributed by atoms with Gasteiger partial charge in [-0.3, -0.25) is 4.90 Å². The lowest BCUT2D eigenvalue weighted by atomic mass is 10.1. The molecule has 2 nitrogen and oxygen atoms in total. The van der Waals surface area contributed by atoms with E-state index in [1.807, 2.05) is 12.1 Å². The molecule has 0 amide bonds. The standard InChI is InChI=1S/C15H24N2/c1-12(2)17(15-5-3-4-6-15)11-13-7-9-14(16)10-8-13/h7-10,12,15H,3-6,11,16H2,1-2H3. The fourth-order valence-electron chi connectivity index (χ4n) is 2.80. The second-order valence-electron chi connectivity index (χ2n) is 5.45. The molecule has 1 aliphatic carbocycles. The zero-order valence-corrected chi connectivity index (χ0v) is 11.0. The van der Waals surface area contributed by atoms with Gasteiger partial charge in [0.2, 0.25) is 0 Å². The van der Waals surface area contributed by atoms with Crippen molar-refractivity contribution in [3.63, 3.8) is 0 Å². The van der Waals surface area contributed by atoms with E-state index in [0.29, 0.717) is 6.04 Å². The zero-order chi connectivity index (χ0) is 12.3. The third kappa shape index (κ3) is 3.22. The van der Waals surface area contributed by atoms with E-state index >= 15 is 0 Å². The molecule has 2 rings (SSSR count). The Kier molecular flexibility index (Phi) is 4.06. The zero-order valence-electron chi connectivity index (χ0n) is 11.0. The Morgan fingerprint density at radius 2 is 1.76 bits per heavy atom. The Morgan fingerprint density at radius 3 is 2.29 bits per heavy atom. The van der Waals surface area contributed by atoms with Crippen molar-refractivity contribution in [2.45, 2.75) is 58.2 Å². The first-order valence-corrected chi connectivity index (χ1v) is 6.77. The maximum atomic E-state index is 5.73. The van der Waals surface area contributed by atoms with E-state index in [9.17, 15) is 0 Å². The molecule has 0 saturated heterocycles. The smallest absolute Gasteiger partial charge is 0.0314 e. The topological polar surface area (TPSA) is 29.3 Å². The van der Waals surface area contributed by atoms with Crippen molar-refractivity contribution < 1.29 is 0 Å². The molecule has 94 valence electrons. The summed E-state index contributed by atoms with van der Waals surface area (Å²) in [4.78, 5) is 2.64. The summed E-state index contributed by atoms with van der Waals surface area (Å²) in [6.45, 7) is 5.66. The highest BCUT2D eigenvalue weighted by Gasteiger charge is 2.24. The van der Waals surface area contributed by atoms with Gasteiger partial charge in [0.25, 0.3) is 0 Å². The van der Waals surface area contributed by atoms with Crippen LogP contribution in [0.3, 0.4) is 0 Å². The fourth-order valence-corrected chi connectivity index (χ4v) is 2.80. The van der Waals surface area contributed by atoms with Crippen molar-refractivity contribution in [1.82, 2.24) is 4.90 Å². The van der Waals surface area contributed by atoms with Gasteiger partial charge in [-0.25, -0.2) is 0 Å². The Hall–Kier alpha value is -1.02. The van der Waals surface area contributed by atoms with Crippen LogP contribution in [-0.2, 0) is 6.54 Å². The second-order valence-corrected chi connectivity index (χ2v) is 5.45. The maximum absolute atomic E-state index is 5.73. The predicted molar refractivity (Wildman–Crippen MR) is 73.8 cm³/mol. The van der Waals surface area contributed by atoms with Gasteiger partial charge in [0, 0.05) is 24.3 Å². The minimum atomic E-state index is 0.621. The normalized spacial score (nSPS) is 17.2. The summed E-state index contributed by atoms with van der Waals surface area (Å²) in [6, 6.07) is 9.72. The Balaban J connectivity index is 2.04. The molecule has 2 N–H and O–H groups in total. The number of nitrogens with two attached hydrogens (primary N) is 1. The van der Waals surface area contributed by atoms with Crippen molar-refractivity contribution in [2.75, 3.05) is 5.73 Å². The molecule has 1 aromatic rings. The molecule has 1 fully saturated rings. The van der Waals surface area contributed by atoms with Gasteiger partial charge >= 0.3 is 0 Å². The van der Waals surface area contributed by atoms with Gasteiger partial charge in [-0.05, 0) is 44.4 Å². The molecule has 0 aromatic heterocycles. The number of rotatable bonds is 4. The molecular weight excluding hydrogens is 208 g/mol. The lowest BCUT2D eigenvalue weighted by Gasteiger charge is -2.32. The number of nitrogen functional groups attached to an aromatic ring is 1. The maximum Gasteiger partial charge on any atom is 0.0314 e. The van der Waals surface area contributed by atoms with Gasteiger partial charge in [-0.2, -0.15) is 0 Å². The van der Waals surface area contributed by atoms with E-state index in [0.717, 1.165) is 18.3 Å². The van der Waals surface area contributed by atoms with Crippen LogP contribution in [0, 0.1) is 0 Å². The Morgan fingerprint density at radius 1 is 1.18 bits per heavy atom. The number of anilines is 1. The van der Waals surface area contributed by atoms with E-state index in [-0.39, 0.29) is 0 Å². The van der Waals surface area contributed by atoms with Gasteiger partial charge < -0.3 is 5.73 Å². The first-order valence-electron chi connectivity index (χ1n) is 6.77. The van der Waals surface area contributed by atoms with E-state index in [1.54, 1.807) is 0 Å². The molecule has 1 saturated carbocycles. The molecule has 17 heavy (non-hydrogen) atoms. The minimum absolute atomic E-state index is 0.621. The molecule has 0 unspecified atom stereocenters. The quantitative estimate of drug-likeness (QED) is 0.806. The summed E-state index contributed by atoms with van der Waals surface area (Å²) in [5.41, 5.74) is 7.95. The lowest BCUT2D eigenvalue weighted by molar-refractivity contribution is 0.146. The first kappa shape index (κ1) is 12.4. The molecule has 0 radical (unpaired) electrons. The summed E-state index contributed by atoms with van der Waals surface area (Å²) in [5.74, 6) is 0. The van der Waals surface area contributed by atoms with E-state index in [2.05, 4.69) is 30.9 Å². The van der Waals surface area contributed by atoms with Crippen molar-refractivity contribution in [1.29, 1.82) is 0 Å². The highest BCUT2D eigenvalue weighted by molar-refractivity contribution is 5.39. The van der Waals surface area contributed by atoms with Crippen LogP contribution in [-0.4, -0.2) is 17.0 Å². The summed E-state index contributed by atoms with van der Waals surface area (Å²) >= 11 is 0. The Labute approximate surface area is 105 Å². The SMILES string of the molecule is CC(C)N(Cc1ccc(N)cc1)C1CCCC1. The second kappa shape index (κ2) is 5.54. The monoisotopic (exact) mass is 232 g/mol. The van der Waals surface area contributed by atoms with Crippen LogP contribution in [0.25, 0.3) is 0 Å². The van der Waals surface area contributed by atoms with E-state index < -0.39 is 0 Å². The minimum Gasteiger partial charge on any atom is -0.399 e. The van der Waals surface area contributed by atoms with Crippen LogP contribution < -0.4 is 5.73 Å². The van der Waals surface area contributed by atoms with Crippen LogP contribution in [0.1, 0.15) is 45.1 Å². The Bertz CT molecular complexity index is 336. The summed E-state index contributed by atoms with van der Waals surface area (Å²) in [5, 5.41) is 0. The van der Waals surface area contributed by atoms with Gasteiger partial charge in [0.15, 0.2) is 0 Å². The summed E-state index contributed by atoms with van der Waals surface area (Å²) < 4.78 is 0. The van der Waals surface area contributed by atoms with Crippen molar-refractivity contribution >= 4 is 5.69 Å². The average Bonchev–Trinajstić information content (AvgIpc) is 2.81. The van der Waals surface area contributed by atoms with Crippen molar-refractivity contribution in [2.24, 2.45) is 0 Å². The van der Waals surface area contributed by atoms with Crippen LogP contribution in [0.15, 0.2) is 24.3 Å². The van der Waals surface area contributed by atoms with Gasteiger partial charge in [-0.1, -0.05) is 25.0 Å². The van der Waals surface area contributed by atoms with E-state index in [1.165, 1.54) is 31.2 Å². The molecular formula is C15H24N2. The highest BCUT2D eigenvalue weighted by atomic mass is 15.2. The third-order valence-corrected chi connectivity index (χ3v) is 3.80. The predicted octanol–water partition coefficient (Wildman–Crippen LogP) is 3.42. The molecule has 2 heteroatoms. The van der Waals surface area contributed by atoms with Crippen molar-refractivity contribution in [3.8, 4) is 0 Å². The number of benzene rings is 1. The fraction of sp³-hybridized carbons (Fsp3) is 0.600. The number of hydrogen-bond acceptors (Lipinski definition) is 2. The van der Waals surface area contributed by atoms with Gasteiger partial charge in [-0.15, -0.1) is 0 Å². The molecule has 1 aliphatic rings. The van der Waals surface area contributed by atoms with Crippen LogP contribution in [0.4, 0.5) is 5.69 Å². The molecule has 0 atom stereocenters. The van der Waals surface area contributed by atoms with Crippen molar-refractivity contribution in [3.05, 3.63) is 29.8 Å². The van der Waals surface area contributed by atoms with Gasteiger partial charge in [0.05, 0.1) is 0 Å². The van der Waals surface area contributed by atoms with Crippen LogP contribution in [0.5, 0.6) is 0 Å². The number of hydrogen-bond donors (Lipinski definition) is 1. The first-order chi connectivity index (χ1) is 8.16. The van der Waals surface area contributed by atoms with Crippen LogP contribution in [0.2, 0.25) is 0 Å².